The van der Waals surface area contributed by atoms with E-state index in [0.29, 0.717) is 0 Å². The van der Waals surface area contributed by atoms with E-state index >= 15 is 0 Å². The monoisotopic (exact) mass is 264 g/mol. The standard InChI is InChI=1S/C8H6STe/c9-8-7-4-2-1-3-6(7)5-10-8/h1-4H,5H2. The van der Waals surface area contributed by atoms with Crippen molar-refractivity contribution in [2.75, 3.05) is 0 Å². The average molecular weight is 262 g/mol. The summed E-state index contributed by atoms with van der Waals surface area (Å²) in [6.07, 6.45) is 0. The minimum absolute atomic E-state index is 0.0181. The first-order valence-corrected chi connectivity index (χ1v) is 6.35. The molecule has 1 aliphatic rings. The van der Waals surface area contributed by atoms with Crippen LogP contribution in [0.15, 0.2) is 24.3 Å². The third kappa shape index (κ3) is 1.01. The van der Waals surface area contributed by atoms with Crippen LogP contribution in [0.25, 0.3) is 0 Å². The van der Waals surface area contributed by atoms with E-state index < -0.39 is 0 Å². The zero-order valence-corrected chi connectivity index (χ0v) is 8.48. The summed E-state index contributed by atoms with van der Waals surface area (Å²) in [5.41, 5.74) is 2.84. The zero-order chi connectivity index (χ0) is 6.97. The van der Waals surface area contributed by atoms with E-state index in [0.717, 1.165) is 0 Å². The first kappa shape index (κ1) is 6.79. The fourth-order valence-electron chi connectivity index (χ4n) is 1.07. The normalized spacial score (nSPS) is 15.4. The molecular formula is C8H6STe. The van der Waals surface area contributed by atoms with Gasteiger partial charge >= 0.3 is 75.9 Å². The Hall–Kier alpha value is 0.0996. The molecule has 0 N–H and O–H groups in total. The Labute approximate surface area is 75.7 Å². The van der Waals surface area contributed by atoms with Crippen molar-refractivity contribution in [3.63, 3.8) is 0 Å². The molecule has 1 aromatic carbocycles. The van der Waals surface area contributed by atoms with Crippen molar-refractivity contribution in [1.82, 2.24) is 0 Å². The van der Waals surface area contributed by atoms with E-state index in [1.807, 2.05) is 0 Å². The minimum atomic E-state index is 0.0181. The van der Waals surface area contributed by atoms with E-state index in [9.17, 15) is 0 Å². The molecule has 0 saturated heterocycles. The molecule has 1 heterocycles. The Kier molecular flexibility index (Phi) is 1.78. The van der Waals surface area contributed by atoms with E-state index in [1.54, 1.807) is 0 Å². The van der Waals surface area contributed by atoms with Crippen LogP contribution < -0.4 is 0 Å². The van der Waals surface area contributed by atoms with Gasteiger partial charge < -0.3 is 0 Å². The van der Waals surface area contributed by atoms with Crippen LogP contribution in [0.1, 0.15) is 11.1 Å². The van der Waals surface area contributed by atoms with E-state index in [4.69, 9.17) is 12.2 Å². The van der Waals surface area contributed by atoms with Gasteiger partial charge in [-0.1, -0.05) is 0 Å². The molecule has 0 bridgehead atoms. The molecule has 0 radical (unpaired) electrons. The molecule has 0 amide bonds. The summed E-state index contributed by atoms with van der Waals surface area (Å²) < 4.78 is 2.54. The van der Waals surface area contributed by atoms with Crippen molar-refractivity contribution < 1.29 is 0 Å². The van der Waals surface area contributed by atoms with Gasteiger partial charge in [-0.15, -0.1) is 0 Å². The Balaban J connectivity index is 2.61. The van der Waals surface area contributed by atoms with Crippen molar-refractivity contribution in [1.29, 1.82) is 0 Å². The second-order valence-corrected chi connectivity index (χ2v) is 6.26. The molecule has 2 heteroatoms. The molecule has 0 saturated carbocycles. The molecule has 0 atom stereocenters. The van der Waals surface area contributed by atoms with Crippen molar-refractivity contribution >= 4 is 36.1 Å². The first-order valence-electron chi connectivity index (χ1n) is 3.13. The zero-order valence-electron chi connectivity index (χ0n) is 5.33. The van der Waals surface area contributed by atoms with Crippen LogP contribution >= 0.6 is 12.2 Å². The third-order valence-corrected chi connectivity index (χ3v) is 5.28. The molecule has 1 aliphatic heterocycles. The molecule has 1 aromatic rings. The van der Waals surface area contributed by atoms with Crippen molar-refractivity contribution in [3.05, 3.63) is 35.4 Å². The first-order chi connectivity index (χ1) is 4.88. The number of hydrogen-bond acceptors (Lipinski definition) is 1. The Morgan fingerprint density at radius 3 is 2.90 bits per heavy atom. The number of rotatable bonds is 0. The topological polar surface area (TPSA) is 0 Å². The molecule has 0 fully saturated rings. The van der Waals surface area contributed by atoms with Crippen LogP contribution in [0.2, 0.25) is 0 Å². The van der Waals surface area contributed by atoms with Gasteiger partial charge in [-0.2, -0.15) is 0 Å². The van der Waals surface area contributed by atoms with Crippen molar-refractivity contribution in [2.45, 2.75) is 4.47 Å². The van der Waals surface area contributed by atoms with Gasteiger partial charge in [0.2, 0.25) is 0 Å². The molecule has 0 nitrogen and oxygen atoms in total. The van der Waals surface area contributed by atoms with Crippen LogP contribution in [0, 0.1) is 0 Å². The van der Waals surface area contributed by atoms with Gasteiger partial charge in [-0.05, 0) is 0 Å². The van der Waals surface area contributed by atoms with Gasteiger partial charge in [0, 0.05) is 0 Å². The summed E-state index contributed by atoms with van der Waals surface area (Å²) in [7, 11) is 0. The van der Waals surface area contributed by atoms with Crippen molar-refractivity contribution in [2.24, 2.45) is 0 Å². The van der Waals surface area contributed by atoms with Gasteiger partial charge in [-0.3, -0.25) is 0 Å². The van der Waals surface area contributed by atoms with Crippen LogP contribution in [0.3, 0.4) is 0 Å². The molecule has 0 spiro atoms. The molecule has 2 rings (SSSR count). The maximum atomic E-state index is 5.23. The number of benzene rings is 1. The van der Waals surface area contributed by atoms with Gasteiger partial charge in [0.05, 0.1) is 0 Å². The van der Waals surface area contributed by atoms with Crippen LogP contribution in [-0.4, -0.2) is 23.8 Å². The summed E-state index contributed by atoms with van der Waals surface area (Å²) in [4.78, 5) is 0. The Bertz CT molecular complexity index is 280. The predicted octanol–water partition coefficient (Wildman–Crippen LogP) is 1.58. The van der Waals surface area contributed by atoms with E-state index in [1.165, 1.54) is 18.5 Å². The Morgan fingerprint density at radius 2 is 2.10 bits per heavy atom. The summed E-state index contributed by atoms with van der Waals surface area (Å²) in [6, 6.07) is 8.51. The average Bonchev–Trinajstić information content (AvgIpc) is 2.34. The van der Waals surface area contributed by atoms with Crippen LogP contribution in [0.5, 0.6) is 0 Å². The van der Waals surface area contributed by atoms with Gasteiger partial charge in [0.15, 0.2) is 0 Å². The Morgan fingerprint density at radius 1 is 1.30 bits per heavy atom. The summed E-state index contributed by atoms with van der Waals surface area (Å²) in [6.45, 7) is 0. The summed E-state index contributed by atoms with van der Waals surface area (Å²) >= 11 is 5.25. The van der Waals surface area contributed by atoms with Gasteiger partial charge in [0.1, 0.15) is 0 Å². The number of thiocarbonyl (C=S) groups is 1. The molecule has 10 heavy (non-hydrogen) atoms. The maximum absolute atomic E-state index is 5.23. The number of fused-ring (bicyclic) bond motifs is 1. The quantitative estimate of drug-likeness (QED) is 0.505. The fraction of sp³-hybridized carbons (Fsp3) is 0.125. The number of hydrogen-bond donors (Lipinski definition) is 0. The SMILES string of the molecule is S=C1[Te]Cc2ccccc21. The fourth-order valence-corrected chi connectivity index (χ4v) is 4.21. The molecule has 0 aromatic heterocycles. The third-order valence-electron chi connectivity index (χ3n) is 1.60. The van der Waals surface area contributed by atoms with Crippen LogP contribution in [0.4, 0.5) is 0 Å². The second kappa shape index (κ2) is 2.62. The van der Waals surface area contributed by atoms with Gasteiger partial charge in [-0.25, -0.2) is 0 Å². The molecule has 0 unspecified atom stereocenters. The van der Waals surface area contributed by atoms with Crippen LogP contribution in [-0.2, 0) is 4.47 Å². The summed E-state index contributed by atoms with van der Waals surface area (Å²) in [5.74, 6) is 0. The van der Waals surface area contributed by atoms with E-state index in [2.05, 4.69) is 24.3 Å². The second-order valence-electron chi connectivity index (χ2n) is 2.23. The molecule has 50 valence electrons. The van der Waals surface area contributed by atoms with Crippen molar-refractivity contribution in [3.8, 4) is 0 Å². The van der Waals surface area contributed by atoms with E-state index in [-0.39, 0.29) is 20.9 Å². The van der Waals surface area contributed by atoms with Gasteiger partial charge in [0.25, 0.3) is 0 Å². The predicted molar refractivity (Wildman–Crippen MR) is 47.6 cm³/mol. The molecule has 0 aliphatic carbocycles. The summed E-state index contributed by atoms with van der Waals surface area (Å²) in [5, 5.41) is 0. The molecular weight excluding hydrogens is 256 g/mol.